The van der Waals surface area contributed by atoms with Gasteiger partial charge in [-0.05, 0) is 24.3 Å². The molecule has 24 heavy (non-hydrogen) atoms. The third kappa shape index (κ3) is 3.66. The van der Waals surface area contributed by atoms with Gasteiger partial charge in [-0.2, -0.15) is 9.97 Å². The maximum absolute atomic E-state index is 5.17. The quantitative estimate of drug-likeness (QED) is 0.638. The summed E-state index contributed by atoms with van der Waals surface area (Å²) in [6.07, 6.45) is 3.22. The van der Waals surface area contributed by atoms with Crippen LogP contribution in [0.3, 0.4) is 0 Å². The minimum atomic E-state index is 0.469. The molecule has 3 aromatic rings. The van der Waals surface area contributed by atoms with E-state index in [4.69, 9.17) is 9.47 Å². The van der Waals surface area contributed by atoms with Crippen molar-refractivity contribution in [2.24, 2.45) is 0 Å². The van der Waals surface area contributed by atoms with Crippen molar-refractivity contribution in [3.63, 3.8) is 0 Å². The Kier molecular flexibility index (Phi) is 4.97. The van der Waals surface area contributed by atoms with Crippen molar-refractivity contribution >= 4 is 28.6 Å². The first-order valence-electron chi connectivity index (χ1n) is 7.43. The van der Waals surface area contributed by atoms with E-state index in [1.54, 1.807) is 26.6 Å². The Bertz CT molecular complexity index is 809. The van der Waals surface area contributed by atoms with Gasteiger partial charge in [-0.25, -0.2) is 9.97 Å². The van der Waals surface area contributed by atoms with Crippen molar-refractivity contribution in [2.75, 3.05) is 38.0 Å². The molecule has 2 heterocycles. The molecule has 0 fully saturated rings. The Hall–Kier alpha value is -3.00. The summed E-state index contributed by atoms with van der Waals surface area (Å²) in [6.45, 7) is 1.16. The Balaban J connectivity index is 1.91. The molecule has 3 rings (SSSR count). The van der Waals surface area contributed by atoms with Crippen LogP contribution in [0, 0.1) is 0 Å². The van der Waals surface area contributed by atoms with Crippen LogP contribution >= 0.6 is 0 Å². The fourth-order valence-electron chi connectivity index (χ4n) is 2.11. The largest absolute Gasteiger partial charge is 0.497 e. The lowest BCUT2D eigenvalue weighted by molar-refractivity contribution is 0.210. The molecule has 0 aliphatic carbocycles. The van der Waals surface area contributed by atoms with Gasteiger partial charge in [0.1, 0.15) is 5.75 Å². The Morgan fingerprint density at radius 1 is 1.00 bits per heavy atom. The predicted molar refractivity (Wildman–Crippen MR) is 91.8 cm³/mol. The number of benzene rings is 1. The molecule has 0 saturated carbocycles. The summed E-state index contributed by atoms with van der Waals surface area (Å²) in [6, 6.07) is 7.55. The summed E-state index contributed by atoms with van der Waals surface area (Å²) in [5.74, 6) is 1.84. The van der Waals surface area contributed by atoms with E-state index in [2.05, 4.69) is 30.6 Å². The van der Waals surface area contributed by atoms with Crippen LogP contribution in [-0.2, 0) is 4.74 Å². The number of aromatic nitrogens is 4. The van der Waals surface area contributed by atoms with Crippen LogP contribution < -0.4 is 15.4 Å². The molecule has 8 nitrogen and oxygen atoms in total. The van der Waals surface area contributed by atoms with Gasteiger partial charge in [-0.15, -0.1) is 0 Å². The second-order valence-corrected chi connectivity index (χ2v) is 4.90. The van der Waals surface area contributed by atoms with Crippen LogP contribution in [0.25, 0.3) is 11.2 Å². The molecule has 124 valence electrons. The molecule has 0 aliphatic heterocycles. The predicted octanol–water partition coefficient (Wildman–Crippen LogP) is 2.23. The van der Waals surface area contributed by atoms with Crippen LogP contribution in [0.4, 0.5) is 17.5 Å². The maximum atomic E-state index is 5.17. The van der Waals surface area contributed by atoms with E-state index in [-0.39, 0.29) is 0 Å². The zero-order valence-electron chi connectivity index (χ0n) is 13.5. The first-order chi connectivity index (χ1) is 11.8. The third-order valence-corrected chi connectivity index (χ3v) is 3.27. The number of anilines is 3. The molecule has 0 aliphatic rings. The Morgan fingerprint density at radius 2 is 1.79 bits per heavy atom. The van der Waals surface area contributed by atoms with Gasteiger partial charge < -0.3 is 20.1 Å². The van der Waals surface area contributed by atoms with Crippen molar-refractivity contribution in [1.82, 2.24) is 19.9 Å². The van der Waals surface area contributed by atoms with E-state index in [0.717, 1.165) is 11.4 Å². The normalized spacial score (nSPS) is 10.6. The lowest BCUT2D eigenvalue weighted by Crippen LogP contribution is -2.11. The molecule has 1 aromatic carbocycles. The number of nitrogens with zero attached hydrogens (tertiary/aromatic N) is 4. The average Bonchev–Trinajstić information content (AvgIpc) is 2.63. The monoisotopic (exact) mass is 326 g/mol. The number of hydrogen-bond donors (Lipinski definition) is 2. The van der Waals surface area contributed by atoms with Gasteiger partial charge >= 0.3 is 0 Å². The van der Waals surface area contributed by atoms with E-state index < -0.39 is 0 Å². The van der Waals surface area contributed by atoms with Crippen LogP contribution in [0.15, 0.2) is 36.7 Å². The zero-order chi connectivity index (χ0) is 16.8. The number of fused-ring (bicyclic) bond motifs is 1. The summed E-state index contributed by atoms with van der Waals surface area (Å²) in [7, 11) is 3.28. The van der Waals surface area contributed by atoms with Gasteiger partial charge in [0.25, 0.3) is 0 Å². The van der Waals surface area contributed by atoms with Crippen LogP contribution in [-0.4, -0.2) is 47.3 Å². The highest BCUT2D eigenvalue weighted by Gasteiger charge is 2.10. The highest BCUT2D eigenvalue weighted by Crippen LogP contribution is 2.23. The minimum absolute atomic E-state index is 0.469. The van der Waals surface area contributed by atoms with Gasteiger partial charge in [0.15, 0.2) is 17.0 Å². The van der Waals surface area contributed by atoms with Crippen molar-refractivity contribution in [1.29, 1.82) is 0 Å². The second kappa shape index (κ2) is 7.51. The highest BCUT2D eigenvalue weighted by atomic mass is 16.5. The summed E-state index contributed by atoms with van der Waals surface area (Å²) < 4.78 is 10.2. The molecule has 0 atom stereocenters. The SMILES string of the molecule is COCCNc1nc(Nc2ccc(OC)cc2)c2nccnc2n1. The third-order valence-electron chi connectivity index (χ3n) is 3.27. The smallest absolute Gasteiger partial charge is 0.226 e. The number of nitrogens with one attached hydrogen (secondary N) is 2. The van der Waals surface area contributed by atoms with Crippen LogP contribution in [0.1, 0.15) is 0 Å². The molecule has 8 heteroatoms. The number of rotatable bonds is 7. The van der Waals surface area contributed by atoms with E-state index in [9.17, 15) is 0 Å². The topological polar surface area (TPSA) is 94.1 Å². The summed E-state index contributed by atoms with van der Waals surface area (Å²) >= 11 is 0. The van der Waals surface area contributed by atoms with E-state index in [1.807, 2.05) is 24.3 Å². The van der Waals surface area contributed by atoms with Gasteiger partial charge in [0.2, 0.25) is 5.95 Å². The van der Waals surface area contributed by atoms with Crippen molar-refractivity contribution in [2.45, 2.75) is 0 Å². The fourth-order valence-corrected chi connectivity index (χ4v) is 2.11. The molecule has 0 spiro atoms. The fraction of sp³-hybridized carbons (Fsp3) is 0.250. The molecule has 2 N–H and O–H groups in total. The summed E-state index contributed by atoms with van der Waals surface area (Å²) in [5, 5.41) is 6.36. The van der Waals surface area contributed by atoms with Crippen LogP contribution in [0.5, 0.6) is 5.75 Å². The zero-order valence-corrected chi connectivity index (χ0v) is 13.5. The molecule has 0 saturated heterocycles. The Morgan fingerprint density at radius 3 is 2.54 bits per heavy atom. The van der Waals surface area contributed by atoms with Crippen molar-refractivity contribution in [3.8, 4) is 5.75 Å². The van der Waals surface area contributed by atoms with Gasteiger partial charge in [-0.1, -0.05) is 0 Å². The van der Waals surface area contributed by atoms with Crippen molar-refractivity contribution in [3.05, 3.63) is 36.7 Å². The number of ether oxygens (including phenoxy) is 2. The van der Waals surface area contributed by atoms with E-state index in [1.165, 1.54) is 0 Å². The Labute approximate surface area is 139 Å². The van der Waals surface area contributed by atoms with E-state index >= 15 is 0 Å². The molecule has 2 aromatic heterocycles. The molecule has 0 bridgehead atoms. The number of hydrogen-bond acceptors (Lipinski definition) is 8. The van der Waals surface area contributed by atoms with Crippen LogP contribution in [0.2, 0.25) is 0 Å². The molecule has 0 unspecified atom stereocenters. The standard InChI is InChI=1S/C16H18N6O2/c1-23-10-9-19-16-21-14-13(17-7-8-18-14)15(22-16)20-11-3-5-12(24-2)6-4-11/h3-8H,9-10H2,1-2H3,(H2,18,19,20,21,22). The molecular weight excluding hydrogens is 308 g/mol. The highest BCUT2D eigenvalue weighted by molar-refractivity contribution is 5.85. The second-order valence-electron chi connectivity index (χ2n) is 4.90. The van der Waals surface area contributed by atoms with E-state index in [0.29, 0.717) is 36.1 Å². The van der Waals surface area contributed by atoms with Gasteiger partial charge in [-0.3, -0.25) is 0 Å². The average molecular weight is 326 g/mol. The molecule has 0 amide bonds. The van der Waals surface area contributed by atoms with Gasteiger partial charge in [0.05, 0.1) is 13.7 Å². The lowest BCUT2D eigenvalue weighted by Gasteiger charge is -2.11. The number of methoxy groups -OCH3 is 2. The first kappa shape index (κ1) is 15.9. The summed E-state index contributed by atoms with van der Waals surface area (Å²) in [5.41, 5.74) is 1.98. The molecule has 0 radical (unpaired) electrons. The summed E-state index contributed by atoms with van der Waals surface area (Å²) in [4.78, 5) is 17.4. The van der Waals surface area contributed by atoms with Gasteiger partial charge in [0, 0.05) is 31.7 Å². The molecular formula is C16H18N6O2. The first-order valence-corrected chi connectivity index (χ1v) is 7.43. The van der Waals surface area contributed by atoms with Crippen molar-refractivity contribution < 1.29 is 9.47 Å². The lowest BCUT2D eigenvalue weighted by atomic mass is 10.3. The minimum Gasteiger partial charge on any atom is -0.497 e. The maximum Gasteiger partial charge on any atom is 0.226 e.